The largest absolute Gasteiger partial charge is 0.464 e. The number of carbonyl (C=O) groups excluding carboxylic acids is 3. The topological polar surface area (TPSA) is 79.5 Å². The number of carbonyl (C=O) groups is 3. The highest BCUT2D eigenvalue weighted by atomic mass is 19.1. The van der Waals surface area contributed by atoms with Crippen LogP contribution in [-0.4, -0.2) is 47.7 Å². The van der Waals surface area contributed by atoms with Gasteiger partial charge in [0.15, 0.2) is 5.78 Å². The second kappa shape index (κ2) is 8.62. The Hall–Kier alpha value is -2.96. The van der Waals surface area contributed by atoms with Gasteiger partial charge in [0.1, 0.15) is 11.5 Å². The standard InChI is InChI=1S/C20H23FN2O4/c1-5-9-23(19(25)14-7-6-8-15(21)10-14)11-16(24)17-12(2)18(20(26)27-4)22-13(17)3/h6-8,10,22H,5,9,11H2,1-4H3. The first-order valence-corrected chi connectivity index (χ1v) is 8.65. The van der Waals surface area contributed by atoms with Crippen molar-refractivity contribution in [3.63, 3.8) is 0 Å². The molecule has 0 spiro atoms. The molecule has 1 heterocycles. The number of Topliss-reactive ketones (excluding diaryl/α,β-unsaturated/α-hetero) is 1. The molecule has 0 aliphatic carbocycles. The molecular formula is C20H23FN2O4. The summed E-state index contributed by atoms with van der Waals surface area (Å²) in [5.41, 5.74) is 1.79. The monoisotopic (exact) mass is 374 g/mol. The van der Waals surface area contributed by atoms with Gasteiger partial charge in [-0.2, -0.15) is 0 Å². The second-order valence-electron chi connectivity index (χ2n) is 6.28. The third-order valence-electron chi connectivity index (χ3n) is 4.29. The molecule has 2 aromatic rings. The first-order chi connectivity index (χ1) is 12.8. The van der Waals surface area contributed by atoms with E-state index in [1.807, 2.05) is 6.92 Å². The van der Waals surface area contributed by atoms with E-state index < -0.39 is 17.7 Å². The fraction of sp³-hybridized carbons (Fsp3) is 0.350. The van der Waals surface area contributed by atoms with Gasteiger partial charge in [0.2, 0.25) is 0 Å². The predicted molar refractivity (Wildman–Crippen MR) is 98.5 cm³/mol. The van der Waals surface area contributed by atoms with E-state index in [-0.39, 0.29) is 23.6 Å². The minimum Gasteiger partial charge on any atom is -0.464 e. The first-order valence-electron chi connectivity index (χ1n) is 8.65. The van der Waals surface area contributed by atoms with Crippen LogP contribution in [0.15, 0.2) is 24.3 Å². The van der Waals surface area contributed by atoms with E-state index in [1.165, 1.54) is 30.2 Å². The van der Waals surface area contributed by atoms with Gasteiger partial charge in [-0.25, -0.2) is 9.18 Å². The number of ketones is 1. The molecule has 0 atom stereocenters. The number of aryl methyl sites for hydroxylation is 1. The maximum Gasteiger partial charge on any atom is 0.354 e. The number of halogens is 1. The van der Waals surface area contributed by atoms with E-state index in [1.54, 1.807) is 13.8 Å². The van der Waals surface area contributed by atoms with E-state index in [9.17, 15) is 18.8 Å². The van der Waals surface area contributed by atoms with E-state index in [2.05, 4.69) is 4.98 Å². The molecule has 0 aliphatic rings. The highest BCUT2D eigenvalue weighted by Gasteiger charge is 2.25. The molecule has 0 bridgehead atoms. The molecule has 6 nitrogen and oxygen atoms in total. The normalized spacial score (nSPS) is 10.6. The second-order valence-corrected chi connectivity index (χ2v) is 6.28. The Labute approximate surface area is 157 Å². The summed E-state index contributed by atoms with van der Waals surface area (Å²) in [5.74, 6) is -1.78. The van der Waals surface area contributed by atoms with Gasteiger partial charge in [0.25, 0.3) is 5.91 Å². The first kappa shape index (κ1) is 20.4. The number of benzene rings is 1. The number of hydrogen-bond donors (Lipinski definition) is 1. The molecule has 0 fully saturated rings. The number of nitrogens with zero attached hydrogens (tertiary/aromatic N) is 1. The van der Waals surface area contributed by atoms with Gasteiger partial charge in [-0.15, -0.1) is 0 Å². The van der Waals surface area contributed by atoms with Crippen LogP contribution in [0.5, 0.6) is 0 Å². The van der Waals surface area contributed by atoms with Gasteiger partial charge in [-0.3, -0.25) is 9.59 Å². The third-order valence-corrected chi connectivity index (χ3v) is 4.29. The Morgan fingerprint density at radius 3 is 2.52 bits per heavy atom. The number of methoxy groups -OCH3 is 1. The maximum absolute atomic E-state index is 13.4. The Morgan fingerprint density at radius 2 is 1.93 bits per heavy atom. The average molecular weight is 374 g/mol. The van der Waals surface area contributed by atoms with Crippen molar-refractivity contribution in [2.75, 3.05) is 20.2 Å². The highest BCUT2D eigenvalue weighted by Crippen LogP contribution is 2.20. The van der Waals surface area contributed by atoms with Crippen molar-refractivity contribution < 1.29 is 23.5 Å². The number of ether oxygens (including phenoxy) is 1. The van der Waals surface area contributed by atoms with Crippen LogP contribution >= 0.6 is 0 Å². The summed E-state index contributed by atoms with van der Waals surface area (Å²) in [7, 11) is 1.26. The van der Waals surface area contributed by atoms with Crippen LogP contribution in [-0.2, 0) is 4.74 Å². The molecule has 0 radical (unpaired) electrons. The smallest absolute Gasteiger partial charge is 0.354 e. The zero-order valence-corrected chi connectivity index (χ0v) is 15.9. The molecular weight excluding hydrogens is 351 g/mol. The summed E-state index contributed by atoms with van der Waals surface area (Å²) < 4.78 is 18.1. The molecule has 1 amide bonds. The summed E-state index contributed by atoms with van der Waals surface area (Å²) in [4.78, 5) is 41.6. The summed E-state index contributed by atoms with van der Waals surface area (Å²) >= 11 is 0. The lowest BCUT2D eigenvalue weighted by molar-refractivity contribution is 0.0593. The van der Waals surface area contributed by atoms with E-state index >= 15 is 0 Å². The number of aromatic nitrogens is 1. The Balaban J connectivity index is 2.29. The van der Waals surface area contributed by atoms with Gasteiger partial charge in [0, 0.05) is 23.4 Å². The molecule has 27 heavy (non-hydrogen) atoms. The van der Waals surface area contributed by atoms with Crippen LogP contribution in [0.3, 0.4) is 0 Å². The summed E-state index contributed by atoms with van der Waals surface area (Å²) in [6, 6.07) is 5.38. The Kier molecular flexibility index (Phi) is 6.50. The van der Waals surface area contributed by atoms with Gasteiger partial charge in [0.05, 0.1) is 13.7 Å². The molecule has 1 N–H and O–H groups in total. The Bertz CT molecular complexity index is 873. The zero-order chi connectivity index (χ0) is 20.1. The van der Waals surface area contributed by atoms with E-state index in [4.69, 9.17) is 4.74 Å². The number of nitrogens with one attached hydrogen (secondary N) is 1. The molecule has 1 aromatic carbocycles. The minimum atomic E-state index is -0.559. The van der Waals surface area contributed by atoms with Crippen molar-refractivity contribution in [2.24, 2.45) is 0 Å². The van der Waals surface area contributed by atoms with Crippen LogP contribution in [0.1, 0.15) is 55.8 Å². The lowest BCUT2D eigenvalue weighted by atomic mass is 10.0. The molecule has 144 valence electrons. The van der Waals surface area contributed by atoms with Gasteiger partial charge in [-0.1, -0.05) is 13.0 Å². The molecule has 0 saturated heterocycles. The number of amides is 1. The van der Waals surface area contributed by atoms with Crippen molar-refractivity contribution >= 4 is 17.7 Å². The minimum absolute atomic E-state index is 0.163. The molecule has 7 heteroatoms. The van der Waals surface area contributed by atoms with Crippen LogP contribution in [0.2, 0.25) is 0 Å². The quantitative estimate of drug-likeness (QED) is 0.596. The fourth-order valence-corrected chi connectivity index (χ4v) is 3.05. The van der Waals surface area contributed by atoms with E-state index in [0.29, 0.717) is 29.8 Å². The number of hydrogen-bond acceptors (Lipinski definition) is 4. The number of esters is 1. The summed E-state index contributed by atoms with van der Waals surface area (Å²) in [6.45, 7) is 5.42. The number of H-pyrrole nitrogens is 1. The highest BCUT2D eigenvalue weighted by molar-refractivity contribution is 6.05. The Morgan fingerprint density at radius 1 is 1.22 bits per heavy atom. The summed E-state index contributed by atoms with van der Waals surface area (Å²) in [6.07, 6.45) is 0.646. The van der Waals surface area contributed by atoms with Gasteiger partial charge in [-0.05, 0) is 44.0 Å². The SMILES string of the molecule is CCCN(CC(=O)c1c(C)[nH]c(C(=O)OC)c1C)C(=O)c1cccc(F)c1. The van der Waals surface area contributed by atoms with Crippen LogP contribution in [0.25, 0.3) is 0 Å². The lowest BCUT2D eigenvalue weighted by Gasteiger charge is -2.21. The van der Waals surface area contributed by atoms with Crippen molar-refractivity contribution in [2.45, 2.75) is 27.2 Å². The van der Waals surface area contributed by atoms with Crippen molar-refractivity contribution in [3.8, 4) is 0 Å². The molecule has 1 aromatic heterocycles. The fourth-order valence-electron chi connectivity index (χ4n) is 3.05. The molecule has 0 saturated carbocycles. The number of rotatable bonds is 7. The van der Waals surface area contributed by atoms with Gasteiger partial charge < -0.3 is 14.6 Å². The van der Waals surface area contributed by atoms with Crippen LogP contribution < -0.4 is 0 Å². The van der Waals surface area contributed by atoms with Crippen molar-refractivity contribution in [3.05, 3.63) is 58.2 Å². The summed E-state index contributed by atoms with van der Waals surface area (Å²) in [5, 5.41) is 0. The molecule has 0 unspecified atom stereocenters. The maximum atomic E-state index is 13.4. The molecule has 0 aliphatic heterocycles. The van der Waals surface area contributed by atoms with Crippen LogP contribution in [0, 0.1) is 19.7 Å². The van der Waals surface area contributed by atoms with Gasteiger partial charge >= 0.3 is 5.97 Å². The van der Waals surface area contributed by atoms with E-state index in [0.717, 1.165) is 6.07 Å². The van der Waals surface area contributed by atoms with Crippen molar-refractivity contribution in [1.29, 1.82) is 0 Å². The third kappa shape index (κ3) is 4.42. The van der Waals surface area contributed by atoms with Crippen molar-refractivity contribution in [1.82, 2.24) is 9.88 Å². The zero-order valence-electron chi connectivity index (χ0n) is 15.9. The predicted octanol–water partition coefficient (Wildman–Crippen LogP) is 3.29. The number of aromatic amines is 1. The van der Waals surface area contributed by atoms with Crippen LogP contribution in [0.4, 0.5) is 4.39 Å². The average Bonchev–Trinajstić information content (AvgIpc) is 2.94. The molecule has 2 rings (SSSR count). The lowest BCUT2D eigenvalue weighted by Crippen LogP contribution is -2.36.